The summed E-state index contributed by atoms with van der Waals surface area (Å²) < 4.78 is 0. The Morgan fingerprint density at radius 1 is 0.882 bits per heavy atom. The highest BCUT2D eigenvalue weighted by molar-refractivity contribution is 4.99. The molecule has 3 unspecified atom stereocenters. The van der Waals surface area contributed by atoms with Gasteiger partial charge in [0.1, 0.15) is 0 Å². The lowest BCUT2D eigenvalue weighted by Crippen LogP contribution is -2.51. The second kappa shape index (κ2) is 4.22. The number of likely N-dealkylation sites (tertiary alicyclic amines) is 2. The fraction of sp³-hybridized carbons (Fsp3) is 1.00. The number of fused-ring (bicyclic) bond motifs is 1. The van der Waals surface area contributed by atoms with Crippen LogP contribution in [-0.4, -0.2) is 60.6 Å². The molecule has 96 valence electrons. The highest BCUT2D eigenvalue weighted by Crippen LogP contribution is 2.34. The van der Waals surface area contributed by atoms with Crippen molar-refractivity contribution >= 4 is 0 Å². The monoisotopic (exact) mass is 235 g/mol. The molecule has 3 aliphatic heterocycles. The summed E-state index contributed by atoms with van der Waals surface area (Å²) in [6.07, 6.45) is 7.27. The van der Waals surface area contributed by atoms with Crippen LogP contribution in [0, 0.1) is 5.92 Å². The summed E-state index contributed by atoms with van der Waals surface area (Å²) in [6.45, 7) is 6.64. The summed E-state index contributed by atoms with van der Waals surface area (Å²) in [5.41, 5.74) is 0. The number of nitrogens with zero attached hydrogens (tertiary/aromatic N) is 2. The molecule has 0 bridgehead atoms. The number of piperidine rings is 1. The van der Waals surface area contributed by atoms with Crippen molar-refractivity contribution in [2.24, 2.45) is 5.92 Å². The Labute approximate surface area is 105 Å². The predicted octanol–water partition coefficient (Wildman–Crippen LogP) is 0.907. The minimum Gasteiger partial charge on any atom is -0.315 e. The van der Waals surface area contributed by atoms with E-state index in [9.17, 15) is 0 Å². The standard InChI is InChI=1S/C14H25N3/c1-2-11-8-15-9-14(11)17(6-1)13-5-7-16(10-13)12-3-4-12/h11-15H,1-10H2. The Balaban J connectivity index is 1.43. The van der Waals surface area contributed by atoms with Crippen LogP contribution < -0.4 is 5.32 Å². The van der Waals surface area contributed by atoms with E-state index < -0.39 is 0 Å². The topological polar surface area (TPSA) is 18.5 Å². The zero-order valence-electron chi connectivity index (χ0n) is 10.8. The average Bonchev–Trinajstić information content (AvgIpc) is 2.93. The maximum absolute atomic E-state index is 3.61. The van der Waals surface area contributed by atoms with E-state index >= 15 is 0 Å². The van der Waals surface area contributed by atoms with E-state index in [-0.39, 0.29) is 0 Å². The molecule has 3 nitrogen and oxygen atoms in total. The third-order valence-electron chi connectivity index (χ3n) is 5.45. The van der Waals surface area contributed by atoms with Crippen molar-refractivity contribution in [2.45, 2.75) is 50.2 Å². The van der Waals surface area contributed by atoms with E-state index in [4.69, 9.17) is 0 Å². The maximum Gasteiger partial charge on any atom is 0.0264 e. The van der Waals surface area contributed by atoms with Crippen LogP contribution in [0.15, 0.2) is 0 Å². The summed E-state index contributed by atoms with van der Waals surface area (Å²) in [5, 5.41) is 3.61. The van der Waals surface area contributed by atoms with E-state index in [1.165, 1.54) is 64.8 Å². The summed E-state index contributed by atoms with van der Waals surface area (Å²) in [7, 11) is 0. The first-order chi connectivity index (χ1) is 8.42. The number of hydrogen-bond acceptors (Lipinski definition) is 3. The van der Waals surface area contributed by atoms with Crippen LogP contribution in [0.25, 0.3) is 0 Å². The molecule has 3 heterocycles. The molecule has 1 saturated carbocycles. The fourth-order valence-corrected chi connectivity index (χ4v) is 4.37. The minimum absolute atomic E-state index is 0.868. The first-order valence-corrected chi connectivity index (χ1v) is 7.62. The first-order valence-electron chi connectivity index (χ1n) is 7.62. The largest absolute Gasteiger partial charge is 0.315 e. The van der Waals surface area contributed by atoms with Gasteiger partial charge in [0.25, 0.3) is 0 Å². The Kier molecular flexibility index (Phi) is 2.67. The summed E-state index contributed by atoms with van der Waals surface area (Å²) >= 11 is 0. The van der Waals surface area contributed by atoms with Gasteiger partial charge in [-0.1, -0.05) is 0 Å². The SMILES string of the molecule is C1CC2CNCC2N(C2CCN(C3CC3)C2)C1. The Bertz CT molecular complexity index is 289. The molecule has 0 radical (unpaired) electrons. The smallest absolute Gasteiger partial charge is 0.0264 e. The fourth-order valence-electron chi connectivity index (χ4n) is 4.37. The molecule has 3 atom stereocenters. The molecule has 4 aliphatic rings. The summed E-state index contributed by atoms with van der Waals surface area (Å²) in [6, 6.07) is 2.72. The molecule has 1 aliphatic carbocycles. The van der Waals surface area contributed by atoms with Gasteiger partial charge < -0.3 is 5.32 Å². The maximum atomic E-state index is 3.61. The van der Waals surface area contributed by atoms with Crippen LogP contribution in [0.2, 0.25) is 0 Å². The lowest BCUT2D eigenvalue weighted by Gasteiger charge is -2.41. The van der Waals surface area contributed by atoms with Crippen molar-refractivity contribution in [1.82, 2.24) is 15.1 Å². The molecule has 4 rings (SSSR count). The van der Waals surface area contributed by atoms with Crippen LogP contribution in [-0.2, 0) is 0 Å². The number of nitrogens with one attached hydrogen (secondary N) is 1. The van der Waals surface area contributed by atoms with Crippen molar-refractivity contribution in [3.63, 3.8) is 0 Å². The molecular formula is C14H25N3. The van der Waals surface area contributed by atoms with Crippen molar-refractivity contribution < 1.29 is 0 Å². The summed E-state index contributed by atoms with van der Waals surface area (Å²) in [4.78, 5) is 5.63. The second-order valence-electron chi connectivity index (χ2n) is 6.53. The number of hydrogen-bond donors (Lipinski definition) is 1. The zero-order valence-corrected chi connectivity index (χ0v) is 10.8. The lowest BCUT2D eigenvalue weighted by atomic mass is 9.90. The molecule has 0 aromatic rings. The van der Waals surface area contributed by atoms with E-state index in [2.05, 4.69) is 15.1 Å². The van der Waals surface area contributed by atoms with Crippen LogP contribution in [0.4, 0.5) is 0 Å². The van der Waals surface area contributed by atoms with Gasteiger partial charge in [-0.3, -0.25) is 9.80 Å². The molecule has 0 aromatic carbocycles. The molecule has 0 amide bonds. The first kappa shape index (κ1) is 10.8. The van der Waals surface area contributed by atoms with Gasteiger partial charge in [-0.2, -0.15) is 0 Å². The van der Waals surface area contributed by atoms with Gasteiger partial charge in [-0.05, 0) is 51.1 Å². The molecule has 3 saturated heterocycles. The van der Waals surface area contributed by atoms with Crippen LogP contribution in [0.3, 0.4) is 0 Å². The normalized spacial score (nSPS) is 44.1. The predicted molar refractivity (Wildman–Crippen MR) is 69.1 cm³/mol. The Morgan fingerprint density at radius 3 is 2.71 bits per heavy atom. The van der Waals surface area contributed by atoms with Gasteiger partial charge in [0, 0.05) is 37.8 Å². The van der Waals surface area contributed by atoms with Gasteiger partial charge in [-0.25, -0.2) is 0 Å². The van der Waals surface area contributed by atoms with Gasteiger partial charge >= 0.3 is 0 Å². The van der Waals surface area contributed by atoms with E-state index in [1.807, 2.05) is 0 Å². The molecular weight excluding hydrogens is 210 g/mol. The number of rotatable bonds is 2. The van der Waals surface area contributed by atoms with Gasteiger partial charge in [-0.15, -0.1) is 0 Å². The highest BCUT2D eigenvalue weighted by Gasteiger charge is 2.42. The van der Waals surface area contributed by atoms with Crippen molar-refractivity contribution in [3.05, 3.63) is 0 Å². The molecule has 1 N–H and O–H groups in total. The highest BCUT2D eigenvalue weighted by atomic mass is 15.3. The lowest BCUT2D eigenvalue weighted by molar-refractivity contribution is 0.0793. The molecule has 4 fully saturated rings. The van der Waals surface area contributed by atoms with E-state index in [0.29, 0.717) is 0 Å². The van der Waals surface area contributed by atoms with Crippen molar-refractivity contribution in [3.8, 4) is 0 Å². The second-order valence-corrected chi connectivity index (χ2v) is 6.53. The zero-order chi connectivity index (χ0) is 11.2. The van der Waals surface area contributed by atoms with Crippen molar-refractivity contribution in [2.75, 3.05) is 32.7 Å². The van der Waals surface area contributed by atoms with Crippen molar-refractivity contribution in [1.29, 1.82) is 0 Å². The molecule has 0 spiro atoms. The van der Waals surface area contributed by atoms with Crippen LogP contribution >= 0.6 is 0 Å². The molecule has 17 heavy (non-hydrogen) atoms. The average molecular weight is 235 g/mol. The van der Waals surface area contributed by atoms with Gasteiger partial charge in [0.2, 0.25) is 0 Å². The third kappa shape index (κ3) is 1.92. The van der Waals surface area contributed by atoms with Crippen LogP contribution in [0.1, 0.15) is 32.1 Å². The third-order valence-corrected chi connectivity index (χ3v) is 5.45. The van der Waals surface area contributed by atoms with E-state index in [1.54, 1.807) is 0 Å². The summed E-state index contributed by atoms with van der Waals surface area (Å²) in [5.74, 6) is 0.957. The van der Waals surface area contributed by atoms with E-state index in [0.717, 1.165) is 24.0 Å². The Morgan fingerprint density at radius 2 is 1.82 bits per heavy atom. The van der Waals surface area contributed by atoms with Gasteiger partial charge in [0.15, 0.2) is 0 Å². The molecule has 3 heteroatoms. The minimum atomic E-state index is 0.868. The quantitative estimate of drug-likeness (QED) is 0.767. The molecule has 0 aromatic heterocycles. The van der Waals surface area contributed by atoms with Crippen LogP contribution in [0.5, 0.6) is 0 Å². The van der Waals surface area contributed by atoms with Gasteiger partial charge in [0.05, 0.1) is 0 Å². The Hall–Kier alpha value is -0.120.